The highest BCUT2D eigenvalue weighted by atomic mass is 16.6. The number of nitrogens with zero attached hydrogens (tertiary/aromatic N) is 1. The van der Waals surface area contributed by atoms with Crippen molar-refractivity contribution in [2.24, 2.45) is 4.99 Å². The van der Waals surface area contributed by atoms with Gasteiger partial charge in [0.1, 0.15) is 0 Å². The molecular formula is C21H21NO5. The molecule has 2 aromatic carbocycles. The number of carbonyl (C=O) groups is 2. The Morgan fingerprint density at radius 2 is 1.89 bits per heavy atom. The standard InChI is InChI=1S/C21H21NO5/c1-4-26-21(24)17-10-15-11-18(25-3)19(12-16(15)13(2)22-17)27-20(23)14-8-6-5-7-9-14/h5-9,11-12,17H,4,10H2,1-3H3. The molecule has 1 aliphatic heterocycles. The van der Waals surface area contributed by atoms with E-state index < -0.39 is 12.0 Å². The van der Waals surface area contributed by atoms with Crippen LogP contribution in [0.4, 0.5) is 0 Å². The molecule has 1 heterocycles. The summed E-state index contributed by atoms with van der Waals surface area (Å²) < 4.78 is 16.0. The van der Waals surface area contributed by atoms with E-state index in [1.807, 2.05) is 13.0 Å². The number of hydrogen-bond acceptors (Lipinski definition) is 6. The van der Waals surface area contributed by atoms with Crippen LogP contribution >= 0.6 is 0 Å². The molecule has 1 aliphatic rings. The van der Waals surface area contributed by atoms with Crippen molar-refractivity contribution in [1.82, 2.24) is 0 Å². The fourth-order valence-electron chi connectivity index (χ4n) is 3.01. The van der Waals surface area contributed by atoms with Crippen LogP contribution in [0.3, 0.4) is 0 Å². The monoisotopic (exact) mass is 367 g/mol. The third kappa shape index (κ3) is 4.00. The van der Waals surface area contributed by atoms with Crippen LogP contribution < -0.4 is 9.47 Å². The first-order valence-corrected chi connectivity index (χ1v) is 8.73. The molecule has 0 saturated heterocycles. The first-order chi connectivity index (χ1) is 13.0. The van der Waals surface area contributed by atoms with E-state index in [2.05, 4.69) is 4.99 Å². The molecular weight excluding hydrogens is 346 g/mol. The second-order valence-electron chi connectivity index (χ2n) is 6.10. The summed E-state index contributed by atoms with van der Waals surface area (Å²) in [6.45, 7) is 3.90. The number of ether oxygens (including phenoxy) is 3. The molecule has 0 saturated carbocycles. The lowest BCUT2D eigenvalue weighted by molar-refractivity contribution is -0.144. The lowest BCUT2D eigenvalue weighted by atomic mass is 9.93. The first kappa shape index (κ1) is 18.6. The molecule has 1 unspecified atom stereocenters. The maximum Gasteiger partial charge on any atom is 0.343 e. The minimum absolute atomic E-state index is 0.314. The molecule has 0 N–H and O–H groups in total. The van der Waals surface area contributed by atoms with E-state index in [0.717, 1.165) is 11.1 Å². The van der Waals surface area contributed by atoms with E-state index in [-0.39, 0.29) is 5.97 Å². The molecule has 0 radical (unpaired) electrons. The summed E-state index contributed by atoms with van der Waals surface area (Å²) in [5, 5.41) is 0. The number of hydrogen-bond donors (Lipinski definition) is 0. The third-order valence-electron chi connectivity index (χ3n) is 4.31. The zero-order valence-electron chi connectivity index (χ0n) is 15.5. The Balaban J connectivity index is 1.91. The topological polar surface area (TPSA) is 74.2 Å². The molecule has 6 heteroatoms. The second kappa shape index (κ2) is 8.03. The van der Waals surface area contributed by atoms with Gasteiger partial charge < -0.3 is 14.2 Å². The van der Waals surface area contributed by atoms with Crippen LogP contribution in [0.1, 0.15) is 35.3 Å². The molecule has 140 valence electrons. The van der Waals surface area contributed by atoms with Gasteiger partial charge >= 0.3 is 11.9 Å². The maximum atomic E-state index is 12.4. The smallest absolute Gasteiger partial charge is 0.343 e. The summed E-state index contributed by atoms with van der Waals surface area (Å²) in [5.74, 6) is -0.0747. The van der Waals surface area contributed by atoms with E-state index in [1.54, 1.807) is 43.3 Å². The van der Waals surface area contributed by atoms with Gasteiger partial charge in [0.05, 0.1) is 19.3 Å². The summed E-state index contributed by atoms with van der Waals surface area (Å²) in [6.07, 6.45) is 0.411. The molecule has 0 fully saturated rings. The Morgan fingerprint density at radius 1 is 1.15 bits per heavy atom. The van der Waals surface area contributed by atoms with Crippen LogP contribution in [-0.4, -0.2) is 37.4 Å². The number of rotatable bonds is 5. The number of benzene rings is 2. The van der Waals surface area contributed by atoms with Crippen molar-refractivity contribution in [2.45, 2.75) is 26.3 Å². The Morgan fingerprint density at radius 3 is 2.56 bits per heavy atom. The Bertz CT molecular complexity index is 889. The van der Waals surface area contributed by atoms with Crippen molar-refractivity contribution in [3.63, 3.8) is 0 Å². The summed E-state index contributed by atoms with van der Waals surface area (Å²) in [5.41, 5.74) is 2.86. The minimum Gasteiger partial charge on any atom is -0.493 e. The van der Waals surface area contributed by atoms with Gasteiger partial charge in [0.25, 0.3) is 0 Å². The summed E-state index contributed by atoms with van der Waals surface area (Å²) in [4.78, 5) is 28.9. The number of carbonyl (C=O) groups excluding carboxylic acids is 2. The van der Waals surface area contributed by atoms with E-state index >= 15 is 0 Å². The van der Waals surface area contributed by atoms with Crippen LogP contribution in [0.5, 0.6) is 11.5 Å². The number of methoxy groups -OCH3 is 1. The average molecular weight is 367 g/mol. The molecule has 27 heavy (non-hydrogen) atoms. The molecule has 6 nitrogen and oxygen atoms in total. The molecule has 0 amide bonds. The molecule has 0 spiro atoms. The largest absolute Gasteiger partial charge is 0.493 e. The van der Waals surface area contributed by atoms with Gasteiger partial charge in [-0.15, -0.1) is 0 Å². The van der Waals surface area contributed by atoms with Gasteiger partial charge in [-0.1, -0.05) is 18.2 Å². The van der Waals surface area contributed by atoms with Crippen LogP contribution in [0, 0.1) is 0 Å². The van der Waals surface area contributed by atoms with Crippen molar-refractivity contribution in [1.29, 1.82) is 0 Å². The number of aliphatic imine (C=N–C) groups is 1. The van der Waals surface area contributed by atoms with Crippen LogP contribution in [-0.2, 0) is 16.0 Å². The number of fused-ring (bicyclic) bond motifs is 1. The van der Waals surface area contributed by atoms with Gasteiger partial charge in [-0.05, 0) is 43.7 Å². The fraction of sp³-hybridized carbons (Fsp3) is 0.286. The summed E-state index contributed by atoms with van der Waals surface area (Å²) in [7, 11) is 1.51. The highest BCUT2D eigenvalue weighted by molar-refractivity contribution is 6.03. The Hall–Kier alpha value is -3.15. The quantitative estimate of drug-likeness (QED) is 0.599. The van der Waals surface area contributed by atoms with Crippen molar-refractivity contribution in [3.05, 3.63) is 59.2 Å². The lowest BCUT2D eigenvalue weighted by Gasteiger charge is -2.22. The summed E-state index contributed by atoms with van der Waals surface area (Å²) in [6, 6.07) is 11.7. The van der Waals surface area contributed by atoms with Crippen molar-refractivity contribution < 1.29 is 23.8 Å². The van der Waals surface area contributed by atoms with Gasteiger partial charge in [0, 0.05) is 17.7 Å². The molecule has 0 aliphatic carbocycles. The highest BCUT2D eigenvalue weighted by Gasteiger charge is 2.27. The van der Waals surface area contributed by atoms with E-state index in [1.165, 1.54) is 7.11 Å². The zero-order chi connectivity index (χ0) is 19.4. The lowest BCUT2D eigenvalue weighted by Crippen LogP contribution is -2.29. The van der Waals surface area contributed by atoms with Crippen LogP contribution in [0.25, 0.3) is 0 Å². The summed E-state index contributed by atoms with van der Waals surface area (Å²) >= 11 is 0. The zero-order valence-corrected chi connectivity index (χ0v) is 15.5. The predicted molar refractivity (Wildman–Crippen MR) is 101 cm³/mol. The van der Waals surface area contributed by atoms with Crippen molar-refractivity contribution in [2.75, 3.05) is 13.7 Å². The van der Waals surface area contributed by atoms with Gasteiger partial charge in [-0.25, -0.2) is 9.59 Å². The van der Waals surface area contributed by atoms with Crippen LogP contribution in [0.2, 0.25) is 0 Å². The third-order valence-corrected chi connectivity index (χ3v) is 4.31. The molecule has 0 aromatic heterocycles. The second-order valence-corrected chi connectivity index (χ2v) is 6.10. The predicted octanol–water partition coefficient (Wildman–Crippen LogP) is 3.21. The highest BCUT2D eigenvalue weighted by Crippen LogP contribution is 2.34. The minimum atomic E-state index is -0.570. The molecule has 1 atom stereocenters. The maximum absolute atomic E-state index is 12.4. The molecule has 2 aromatic rings. The van der Waals surface area contributed by atoms with Gasteiger partial charge in [-0.2, -0.15) is 0 Å². The normalized spacial score (nSPS) is 15.4. The fourth-order valence-corrected chi connectivity index (χ4v) is 3.01. The van der Waals surface area contributed by atoms with Gasteiger partial charge in [0.15, 0.2) is 17.5 Å². The van der Waals surface area contributed by atoms with Gasteiger partial charge in [-0.3, -0.25) is 4.99 Å². The van der Waals surface area contributed by atoms with Crippen LogP contribution in [0.15, 0.2) is 47.5 Å². The van der Waals surface area contributed by atoms with E-state index in [4.69, 9.17) is 14.2 Å². The van der Waals surface area contributed by atoms with Crippen molar-refractivity contribution in [3.8, 4) is 11.5 Å². The van der Waals surface area contributed by atoms with Gasteiger partial charge in [0.2, 0.25) is 0 Å². The van der Waals surface area contributed by atoms with E-state index in [9.17, 15) is 9.59 Å². The first-order valence-electron chi connectivity index (χ1n) is 8.73. The number of esters is 2. The van der Waals surface area contributed by atoms with Crippen molar-refractivity contribution >= 4 is 17.7 Å². The molecule has 3 rings (SSSR count). The molecule has 0 bridgehead atoms. The Labute approximate surface area is 157 Å². The average Bonchev–Trinajstić information content (AvgIpc) is 2.68. The van der Waals surface area contributed by atoms with E-state index in [0.29, 0.717) is 35.8 Å². The Kier molecular flexibility index (Phi) is 5.54. The SMILES string of the molecule is CCOC(=O)C1Cc2cc(OC)c(OC(=O)c3ccccc3)cc2C(C)=N1.